The van der Waals surface area contributed by atoms with E-state index in [4.69, 9.17) is 22.1 Å². The monoisotopic (exact) mass is 531 g/mol. The maximum absolute atomic E-state index is 14.7. The quantitative estimate of drug-likeness (QED) is 0.255. The first kappa shape index (κ1) is 25.0. The number of carbonyl (C=O) groups is 1. The smallest absolute Gasteiger partial charge is 0.221 e. The number of carbonyl (C=O) groups excluding carboxylic acids is 1. The third-order valence-electron chi connectivity index (χ3n) is 5.75. The van der Waals surface area contributed by atoms with Crippen molar-refractivity contribution in [1.29, 1.82) is 0 Å². The van der Waals surface area contributed by atoms with Crippen LogP contribution in [0.25, 0.3) is 22.0 Å². The van der Waals surface area contributed by atoms with Gasteiger partial charge in [-0.3, -0.25) is 9.78 Å². The summed E-state index contributed by atoms with van der Waals surface area (Å²) in [5.41, 5.74) is 7.27. The molecule has 0 aliphatic carbocycles. The third-order valence-corrected chi connectivity index (χ3v) is 6.09. The molecule has 5 aromatic rings. The molecular weight excluding hydrogens is 512 g/mol. The molecule has 5 rings (SSSR count). The van der Waals surface area contributed by atoms with Crippen LogP contribution in [-0.4, -0.2) is 21.1 Å². The van der Waals surface area contributed by atoms with Crippen molar-refractivity contribution in [1.82, 2.24) is 15.2 Å². The van der Waals surface area contributed by atoms with Crippen LogP contribution in [0.1, 0.15) is 11.3 Å². The highest BCUT2D eigenvalue weighted by Crippen LogP contribution is 2.36. The van der Waals surface area contributed by atoms with E-state index in [-0.39, 0.29) is 24.5 Å². The van der Waals surface area contributed by atoms with Gasteiger partial charge in [-0.15, -0.1) is 10.2 Å². The minimum Gasteiger partial charge on any atom is -0.487 e. The molecule has 0 radical (unpaired) electrons. The van der Waals surface area contributed by atoms with E-state index in [9.17, 15) is 13.6 Å². The van der Waals surface area contributed by atoms with Crippen LogP contribution in [0.5, 0.6) is 5.75 Å². The molecule has 0 fully saturated rings. The van der Waals surface area contributed by atoms with Gasteiger partial charge in [0.2, 0.25) is 5.91 Å². The lowest BCUT2D eigenvalue weighted by Gasteiger charge is -2.15. The Labute approximate surface area is 221 Å². The third kappa shape index (κ3) is 5.37. The number of nitrogens with one attached hydrogen (secondary N) is 1. The van der Waals surface area contributed by atoms with Gasteiger partial charge in [0.05, 0.1) is 22.8 Å². The maximum Gasteiger partial charge on any atom is 0.221 e. The minimum atomic E-state index is -0.600. The Kier molecular flexibility index (Phi) is 7.10. The molecule has 1 amide bonds. The van der Waals surface area contributed by atoms with Crippen LogP contribution in [0.2, 0.25) is 5.02 Å². The summed E-state index contributed by atoms with van der Waals surface area (Å²) < 4.78 is 35.2. The molecule has 3 aromatic carbocycles. The number of benzene rings is 3. The summed E-state index contributed by atoms with van der Waals surface area (Å²) in [6, 6.07) is 19.1. The Hall–Kier alpha value is -4.63. The van der Waals surface area contributed by atoms with Crippen molar-refractivity contribution in [2.45, 2.75) is 13.0 Å². The Morgan fingerprint density at radius 3 is 2.61 bits per heavy atom. The number of fused-ring (bicyclic) bond motifs is 1. The van der Waals surface area contributed by atoms with Gasteiger partial charge in [-0.2, -0.15) is 0 Å². The van der Waals surface area contributed by atoms with E-state index in [0.717, 1.165) is 0 Å². The number of aromatic nitrogens is 3. The van der Waals surface area contributed by atoms with E-state index in [0.29, 0.717) is 44.1 Å². The topological polar surface area (TPSA) is 103 Å². The predicted molar refractivity (Wildman–Crippen MR) is 141 cm³/mol. The molecule has 0 bridgehead atoms. The van der Waals surface area contributed by atoms with Crippen molar-refractivity contribution in [2.75, 3.05) is 5.32 Å². The maximum atomic E-state index is 14.7. The zero-order chi connectivity index (χ0) is 26.6. The van der Waals surface area contributed by atoms with E-state index in [1.165, 1.54) is 24.3 Å². The lowest BCUT2D eigenvalue weighted by atomic mass is 10.0. The fourth-order valence-electron chi connectivity index (χ4n) is 3.98. The molecule has 0 saturated carbocycles. The van der Waals surface area contributed by atoms with Crippen molar-refractivity contribution in [3.05, 3.63) is 107 Å². The number of anilines is 2. The van der Waals surface area contributed by atoms with Gasteiger partial charge in [-0.25, -0.2) is 8.78 Å². The standard InChI is InChI=1S/C28H20ClF2N5O2/c29-21-5-3-11-33-24(21)15-38-25-6-2-1-4-19(25)27-20-14-17(30)8-9-18(20)28(36-35-27)34-23-10-7-16(12-22(23)31)13-26(32)37/h1-12,14H,13,15H2,(H2,32,37)(H,34,36). The molecule has 38 heavy (non-hydrogen) atoms. The number of halogens is 3. The van der Waals surface area contributed by atoms with Crippen molar-refractivity contribution in [3.63, 3.8) is 0 Å². The van der Waals surface area contributed by atoms with E-state index in [1.807, 2.05) is 0 Å². The highest BCUT2D eigenvalue weighted by molar-refractivity contribution is 6.31. The lowest BCUT2D eigenvalue weighted by Crippen LogP contribution is -2.13. The second-order valence-electron chi connectivity index (χ2n) is 8.39. The van der Waals surface area contributed by atoms with Gasteiger partial charge in [0.1, 0.15) is 29.7 Å². The number of ether oxygens (including phenoxy) is 1. The Balaban J connectivity index is 1.52. The van der Waals surface area contributed by atoms with Gasteiger partial charge in [0.25, 0.3) is 0 Å². The van der Waals surface area contributed by atoms with E-state index < -0.39 is 17.5 Å². The number of para-hydroxylation sites is 1. The van der Waals surface area contributed by atoms with Crippen LogP contribution in [-0.2, 0) is 17.8 Å². The normalized spacial score (nSPS) is 10.9. The van der Waals surface area contributed by atoms with Crippen molar-refractivity contribution >= 4 is 39.8 Å². The fourth-order valence-corrected chi connectivity index (χ4v) is 4.15. The second kappa shape index (κ2) is 10.8. The molecule has 3 N–H and O–H groups in total. The van der Waals surface area contributed by atoms with E-state index in [2.05, 4.69) is 20.5 Å². The van der Waals surface area contributed by atoms with Crippen molar-refractivity contribution in [2.24, 2.45) is 5.73 Å². The van der Waals surface area contributed by atoms with Crippen molar-refractivity contribution < 1.29 is 18.3 Å². The van der Waals surface area contributed by atoms with Gasteiger partial charge >= 0.3 is 0 Å². The van der Waals surface area contributed by atoms with Gasteiger partial charge in [-0.1, -0.05) is 29.8 Å². The van der Waals surface area contributed by atoms with Gasteiger partial charge in [0.15, 0.2) is 5.82 Å². The first-order valence-corrected chi connectivity index (χ1v) is 11.9. The number of amides is 1. The Bertz CT molecular complexity index is 1660. The van der Waals surface area contributed by atoms with Crippen LogP contribution in [0.15, 0.2) is 79.0 Å². The number of hydrogen-bond acceptors (Lipinski definition) is 6. The first-order chi connectivity index (χ1) is 18.4. The lowest BCUT2D eigenvalue weighted by molar-refractivity contribution is -0.117. The highest BCUT2D eigenvalue weighted by atomic mass is 35.5. The molecule has 2 heterocycles. The van der Waals surface area contributed by atoms with Crippen LogP contribution in [0.4, 0.5) is 20.3 Å². The van der Waals surface area contributed by atoms with Crippen LogP contribution >= 0.6 is 11.6 Å². The van der Waals surface area contributed by atoms with Gasteiger partial charge < -0.3 is 15.8 Å². The van der Waals surface area contributed by atoms with E-state index in [1.54, 1.807) is 54.7 Å². The van der Waals surface area contributed by atoms with Crippen LogP contribution in [0.3, 0.4) is 0 Å². The number of primary amides is 1. The van der Waals surface area contributed by atoms with Gasteiger partial charge in [0, 0.05) is 22.5 Å². The summed E-state index contributed by atoms with van der Waals surface area (Å²) in [6.45, 7) is 0.112. The molecule has 190 valence electrons. The van der Waals surface area contributed by atoms with E-state index >= 15 is 0 Å². The summed E-state index contributed by atoms with van der Waals surface area (Å²) in [5, 5.41) is 13.0. The summed E-state index contributed by atoms with van der Waals surface area (Å²) in [7, 11) is 0. The average molecular weight is 532 g/mol. The van der Waals surface area contributed by atoms with Crippen LogP contribution in [0, 0.1) is 11.6 Å². The Morgan fingerprint density at radius 1 is 0.974 bits per heavy atom. The second-order valence-corrected chi connectivity index (χ2v) is 8.79. The first-order valence-electron chi connectivity index (χ1n) is 11.5. The molecule has 7 nitrogen and oxygen atoms in total. The molecule has 0 spiro atoms. The SMILES string of the molecule is NC(=O)Cc1ccc(Nc2nnc(-c3ccccc3OCc3ncccc3Cl)c3cc(F)ccc23)c(F)c1. The largest absolute Gasteiger partial charge is 0.487 e. The number of nitrogens with zero attached hydrogens (tertiary/aromatic N) is 3. The number of nitrogens with two attached hydrogens (primary N) is 1. The molecule has 2 aromatic heterocycles. The van der Waals surface area contributed by atoms with Crippen molar-refractivity contribution in [3.8, 4) is 17.0 Å². The Morgan fingerprint density at radius 2 is 1.82 bits per heavy atom. The van der Waals surface area contributed by atoms with Gasteiger partial charge in [-0.05, 0) is 60.2 Å². The fraction of sp³-hybridized carbons (Fsp3) is 0.0714. The zero-order valence-corrected chi connectivity index (χ0v) is 20.5. The number of hydrogen-bond donors (Lipinski definition) is 2. The summed E-state index contributed by atoms with van der Waals surface area (Å²) in [5.74, 6) is -0.933. The molecule has 0 atom stereocenters. The highest BCUT2D eigenvalue weighted by Gasteiger charge is 2.17. The average Bonchev–Trinajstić information content (AvgIpc) is 2.89. The minimum absolute atomic E-state index is 0.0814. The number of pyridine rings is 1. The van der Waals surface area contributed by atoms with Crippen LogP contribution < -0.4 is 15.8 Å². The zero-order valence-electron chi connectivity index (χ0n) is 19.8. The molecular formula is C28H20ClF2N5O2. The molecule has 0 unspecified atom stereocenters. The molecule has 0 aliphatic rings. The molecule has 0 aliphatic heterocycles. The summed E-state index contributed by atoms with van der Waals surface area (Å²) in [6.07, 6.45) is 1.54. The summed E-state index contributed by atoms with van der Waals surface area (Å²) in [4.78, 5) is 15.4. The number of rotatable bonds is 8. The molecule has 0 saturated heterocycles. The summed E-state index contributed by atoms with van der Waals surface area (Å²) >= 11 is 6.21. The predicted octanol–water partition coefficient (Wildman–Crippen LogP) is 5.97. The molecule has 10 heteroatoms.